The summed E-state index contributed by atoms with van der Waals surface area (Å²) in [5, 5.41) is 10.9. The predicted molar refractivity (Wildman–Crippen MR) is 81.5 cm³/mol. The lowest BCUT2D eigenvalue weighted by Crippen LogP contribution is -2.22. The molecule has 110 valence electrons. The van der Waals surface area contributed by atoms with E-state index in [9.17, 15) is 14.9 Å². The Morgan fingerprint density at radius 3 is 2.82 bits per heavy atom. The number of hydrogen-bond donors (Lipinski definition) is 1. The van der Waals surface area contributed by atoms with E-state index in [4.69, 9.17) is 11.6 Å². The molecule has 0 saturated heterocycles. The van der Waals surface area contributed by atoms with Gasteiger partial charge in [-0.3, -0.25) is 20.3 Å². The first-order chi connectivity index (χ1) is 10.6. The van der Waals surface area contributed by atoms with Crippen LogP contribution >= 0.6 is 11.6 Å². The number of halogens is 1. The highest BCUT2D eigenvalue weighted by molar-refractivity contribution is 6.34. The van der Waals surface area contributed by atoms with Crippen LogP contribution in [0.3, 0.4) is 0 Å². The van der Waals surface area contributed by atoms with Gasteiger partial charge in [0.05, 0.1) is 26.5 Å². The van der Waals surface area contributed by atoms with E-state index in [1.54, 1.807) is 12.1 Å². The van der Waals surface area contributed by atoms with E-state index >= 15 is 0 Å². The maximum absolute atomic E-state index is 12.3. The van der Waals surface area contributed by atoms with E-state index in [0.717, 1.165) is 6.07 Å². The summed E-state index contributed by atoms with van der Waals surface area (Å²) in [6, 6.07) is 10.9. The highest BCUT2D eigenvalue weighted by atomic mass is 35.5. The smallest absolute Gasteiger partial charge is 0.267 e. The summed E-state index contributed by atoms with van der Waals surface area (Å²) in [4.78, 5) is 26.6. The normalized spacial score (nSPS) is 10.6. The highest BCUT2D eigenvalue weighted by Gasteiger charge is 2.16. The van der Waals surface area contributed by atoms with Crippen molar-refractivity contribution >= 4 is 34.2 Å². The molecule has 3 aromatic rings. The number of carbonyl (C=O) groups is 1. The van der Waals surface area contributed by atoms with Gasteiger partial charge in [0.2, 0.25) is 0 Å². The number of amides is 1. The molecule has 3 rings (SSSR count). The number of imidazole rings is 1. The zero-order chi connectivity index (χ0) is 15.7. The quantitative estimate of drug-likeness (QED) is 0.594. The molecule has 1 heterocycles. The topological polar surface area (TPSA) is 90.1 Å². The lowest BCUT2D eigenvalue weighted by molar-refractivity contribution is -0.384. The molecule has 1 aromatic heterocycles. The fourth-order valence-electron chi connectivity index (χ4n) is 2.02. The maximum Gasteiger partial charge on any atom is 0.271 e. The first-order valence-electron chi connectivity index (χ1n) is 6.23. The molecule has 1 amide bonds. The van der Waals surface area contributed by atoms with Gasteiger partial charge in [0.1, 0.15) is 6.33 Å². The van der Waals surface area contributed by atoms with Gasteiger partial charge in [-0.05, 0) is 18.2 Å². The third-order valence-electron chi connectivity index (χ3n) is 3.08. The van der Waals surface area contributed by atoms with Gasteiger partial charge in [-0.2, -0.15) is 0 Å². The average Bonchev–Trinajstić information content (AvgIpc) is 2.90. The highest BCUT2D eigenvalue weighted by Crippen LogP contribution is 2.22. The summed E-state index contributed by atoms with van der Waals surface area (Å²) in [6.45, 7) is 0. The predicted octanol–water partition coefficient (Wildman–Crippen LogP) is 2.98. The van der Waals surface area contributed by atoms with E-state index < -0.39 is 10.8 Å². The molecule has 0 aliphatic heterocycles. The minimum absolute atomic E-state index is 0.0219. The molecule has 8 heteroatoms. The van der Waals surface area contributed by atoms with Crippen LogP contribution in [0.1, 0.15) is 10.4 Å². The van der Waals surface area contributed by atoms with Crippen LogP contribution in [0.25, 0.3) is 11.0 Å². The molecule has 7 nitrogen and oxygen atoms in total. The Morgan fingerprint density at radius 2 is 2.05 bits per heavy atom. The van der Waals surface area contributed by atoms with Gasteiger partial charge >= 0.3 is 0 Å². The Hall–Kier alpha value is -2.93. The number of hydrogen-bond acceptors (Lipinski definition) is 4. The minimum Gasteiger partial charge on any atom is -0.267 e. The van der Waals surface area contributed by atoms with Gasteiger partial charge in [-0.15, -0.1) is 0 Å². The Labute approximate surface area is 129 Å². The fourth-order valence-corrected chi connectivity index (χ4v) is 2.22. The van der Waals surface area contributed by atoms with Crippen molar-refractivity contribution in [3.8, 4) is 0 Å². The SMILES string of the molecule is O=C(Nn1cnc2ccccc21)c1cc([N+](=O)[O-])ccc1Cl. The molecule has 0 unspecified atom stereocenters. The molecule has 0 spiro atoms. The number of nitrogens with one attached hydrogen (secondary N) is 1. The molecular weight excluding hydrogens is 308 g/mol. The van der Waals surface area contributed by atoms with Crippen molar-refractivity contribution in [3.63, 3.8) is 0 Å². The van der Waals surface area contributed by atoms with Crippen molar-refractivity contribution in [1.29, 1.82) is 0 Å². The number of para-hydroxylation sites is 2. The number of fused-ring (bicyclic) bond motifs is 1. The van der Waals surface area contributed by atoms with Gasteiger partial charge in [-0.1, -0.05) is 23.7 Å². The van der Waals surface area contributed by atoms with E-state index in [2.05, 4.69) is 10.4 Å². The van der Waals surface area contributed by atoms with Gasteiger partial charge in [0, 0.05) is 12.1 Å². The van der Waals surface area contributed by atoms with Crippen LogP contribution in [0.15, 0.2) is 48.8 Å². The summed E-state index contributed by atoms with van der Waals surface area (Å²) in [5.74, 6) is -0.558. The van der Waals surface area contributed by atoms with Crippen LogP contribution in [-0.4, -0.2) is 20.5 Å². The lowest BCUT2D eigenvalue weighted by atomic mass is 10.2. The number of nitro groups is 1. The Balaban J connectivity index is 1.95. The molecule has 0 aliphatic rings. The summed E-state index contributed by atoms with van der Waals surface area (Å²) in [6.07, 6.45) is 1.45. The Morgan fingerprint density at radius 1 is 1.27 bits per heavy atom. The molecule has 0 bridgehead atoms. The van der Waals surface area contributed by atoms with Crippen LogP contribution in [0.4, 0.5) is 5.69 Å². The van der Waals surface area contributed by atoms with Gasteiger partial charge in [0.15, 0.2) is 0 Å². The summed E-state index contributed by atoms with van der Waals surface area (Å²) >= 11 is 5.95. The van der Waals surface area contributed by atoms with Crippen LogP contribution in [0.2, 0.25) is 5.02 Å². The molecule has 0 fully saturated rings. The monoisotopic (exact) mass is 316 g/mol. The largest absolute Gasteiger partial charge is 0.271 e. The molecule has 0 atom stereocenters. The maximum atomic E-state index is 12.3. The summed E-state index contributed by atoms with van der Waals surface area (Å²) < 4.78 is 1.44. The lowest BCUT2D eigenvalue weighted by Gasteiger charge is -2.08. The van der Waals surface area contributed by atoms with Gasteiger partial charge in [-0.25, -0.2) is 9.66 Å². The first kappa shape index (κ1) is 14.0. The van der Waals surface area contributed by atoms with Crippen molar-refractivity contribution in [2.75, 3.05) is 5.43 Å². The van der Waals surface area contributed by atoms with Crippen molar-refractivity contribution in [3.05, 3.63) is 69.5 Å². The number of benzene rings is 2. The van der Waals surface area contributed by atoms with Crippen molar-refractivity contribution in [2.24, 2.45) is 0 Å². The molecule has 0 radical (unpaired) electrons. The van der Waals surface area contributed by atoms with Crippen molar-refractivity contribution in [2.45, 2.75) is 0 Å². The van der Waals surface area contributed by atoms with Gasteiger partial charge < -0.3 is 0 Å². The second-order valence-corrected chi connectivity index (χ2v) is 4.87. The molecule has 2 aromatic carbocycles. The minimum atomic E-state index is -0.584. The zero-order valence-corrected chi connectivity index (χ0v) is 11.8. The van der Waals surface area contributed by atoms with E-state index in [1.807, 2.05) is 12.1 Å². The second kappa shape index (κ2) is 5.45. The number of rotatable bonds is 3. The van der Waals surface area contributed by atoms with E-state index in [1.165, 1.54) is 23.1 Å². The third kappa shape index (κ3) is 2.49. The zero-order valence-electron chi connectivity index (χ0n) is 11.1. The second-order valence-electron chi connectivity index (χ2n) is 4.47. The average molecular weight is 317 g/mol. The van der Waals surface area contributed by atoms with E-state index in [-0.39, 0.29) is 16.3 Å². The van der Waals surface area contributed by atoms with Gasteiger partial charge in [0.25, 0.3) is 11.6 Å². The number of nitro benzene ring substituents is 1. The van der Waals surface area contributed by atoms with Crippen LogP contribution < -0.4 is 5.43 Å². The fraction of sp³-hybridized carbons (Fsp3) is 0. The van der Waals surface area contributed by atoms with Crippen LogP contribution in [0.5, 0.6) is 0 Å². The molecule has 22 heavy (non-hydrogen) atoms. The molecular formula is C14H9ClN4O3. The summed E-state index contributed by atoms with van der Waals surface area (Å²) in [7, 11) is 0. The molecule has 0 aliphatic carbocycles. The summed E-state index contributed by atoms with van der Waals surface area (Å²) in [5.41, 5.74) is 3.84. The number of carbonyl (C=O) groups excluding carboxylic acids is 1. The Kier molecular flexibility index (Phi) is 3.48. The van der Waals surface area contributed by atoms with Crippen LogP contribution in [0, 0.1) is 10.1 Å². The number of non-ortho nitro benzene ring substituents is 1. The molecule has 1 N–H and O–H groups in total. The standard InChI is InChI=1S/C14H9ClN4O3/c15-11-6-5-9(19(21)22)7-10(11)14(20)17-18-8-16-12-3-1-2-4-13(12)18/h1-8H,(H,17,20). The Bertz CT molecular complexity index is 891. The number of nitrogens with zero attached hydrogens (tertiary/aromatic N) is 3. The first-order valence-corrected chi connectivity index (χ1v) is 6.61. The van der Waals surface area contributed by atoms with Crippen molar-refractivity contribution < 1.29 is 9.72 Å². The van der Waals surface area contributed by atoms with Crippen molar-refractivity contribution in [1.82, 2.24) is 9.66 Å². The van der Waals surface area contributed by atoms with Crippen LogP contribution in [-0.2, 0) is 0 Å². The third-order valence-corrected chi connectivity index (χ3v) is 3.41. The molecule has 0 saturated carbocycles. The van der Waals surface area contributed by atoms with E-state index in [0.29, 0.717) is 11.0 Å². The number of aromatic nitrogens is 2.